The highest BCUT2D eigenvalue weighted by Gasteiger charge is 2.31. The third kappa shape index (κ3) is 18.0. The van der Waals surface area contributed by atoms with E-state index in [0.717, 1.165) is 16.7 Å². The number of amides is 3. The zero-order chi connectivity index (χ0) is 40.8. The Labute approximate surface area is 328 Å². The number of ether oxygens (including phenoxy) is 4. The topological polar surface area (TPSA) is 187 Å². The number of hydrogen-bond donors (Lipinski definition) is 4. The van der Waals surface area contributed by atoms with Crippen LogP contribution in [0.25, 0.3) is 0 Å². The summed E-state index contributed by atoms with van der Waals surface area (Å²) in [5.41, 5.74) is 1.77. The van der Waals surface area contributed by atoms with Gasteiger partial charge in [0.15, 0.2) is 0 Å². The van der Waals surface area contributed by atoms with Crippen molar-refractivity contribution in [1.82, 2.24) is 21.3 Å². The van der Waals surface area contributed by atoms with E-state index >= 15 is 0 Å². The van der Waals surface area contributed by atoms with Crippen LogP contribution >= 0.6 is 0 Å². The molecule has 0 saturated heterocycles. The van der Waals surface area contributed by atoms with Crippen LogP contribution in [0.5, 0.6) is 0 Å². The SMILES string of the molecule is CNC(=O)[C@H](CCC(=O)OCCNC(=O)CC[C@@H](N[C@@H](CCc1ccccc1)C(=O)OCc1ccccc1)C(=O)OC(C)(C)C)NC(=O)OCc1ccccc1. The summed E-state index contributed by atoms with van der Waals surface area (Å²) in [6.45, 7) is 5.10. The molecule has 0 radical (unpaired) electrons. The fourth-order valence-corrected chi connectivity index (χ4v) is 5.34. The Bertz CT molecular complexity index is 1680. The minimum Gasteiger partial charge on any atom is -0.464 e. The second-order valence-electron chi connectivity index (χ2n) is 13.9. The fraction of sp³-hybridized carbons (Fsp3) is 0.429. The van der Waals surface area contributed by atoms with E-state index in [1.165, 1.54) is 7.05 Å². The molecule has 0 bridgehead atoms. The number of aryl methyl sites for hydroxylation is 1. The Kier molecular flexibility index (Phi) is 19.1. The third-order valence-electron chi connectivity index (χ3n) is 8.22. The lowest BCUT2D eigenvalue weighted by molar-refractivity contribution is -0.159. The lowest BCUT2D eigenvalue weighted by atomic mass is 10.0. The molecule has 0 aromatic heterocycles. The van der Waals surface area contributed by atoms with Crippen LogP contribution in [-0.2, 0) is 62.6 Å². The smallest absolute Gasteiger partial charge is 0.408 e. The number of nitrogens with one attached hydrogen (secondary N) is 4. The van der Waals surface area contributed by atoms with Crippen molar-refractivity contribution in [1.29, 1.82) is 0 Å². The molecule has 0 aliphatic rings. The second kappa shape index (κ2) is 23.9. The van der Waals surface area contributed by atoms with Crippen molar-refractivity contribution in [2.45, 2.75) is 96.2 Å². The molecule has 0 saturated carbocycles. The van der Waals surface area contributed by atoms with Gasteiger partial charge in [0.05, 0.1) is 6.54 Å². The summed E-state index contributed by atoms with van der Waals surface area (Å²) in [5, 5.41) is 10.7. The van der Waals surface area contributed by atoms with Crippen LogP contribution in [0.3, 0.4) is 0 Å². The van der Waals surface area contributed by atoms with Gasteiger partial charge in [-0.25, -0.2) is 4.79 Å². The van der Waals surface area contributed by atoms with Gasteiger partial charge in [-0.15, -0.1) is 0 Å². The van der Waals surface area contributed by atoms with E-state index < -0.39 is 59.5 Å². The highest BCUT2D eigenvalue weighted by atomic mass is 16.6. The molecule has 0 aliphatic heterocycles. The second-order valence-corrected chi connectivity index (χ2v) is 13.9. The number of esters is 3. The van der Waals surface area contributed by atoms with E-state index in [1.54, 1.807) is 45.0 Å². The van der Waals surface area contributed by atoms with Gasteiger partial charge in [-0.05, 0) is 63.1 Å². The lowest BCUT2D eigenvalue weighted by Crippen LogP contribution is -2.50. The summed E-state index contributed by atoms with van der Waals surface area (Å²) in [7, 11) is 1.41. The first kappa shape index (κ1) is 44.6. The van der Waals surface area contributed by atoms with E-state index in [1.807, 2.05) is 66.7 Å². The first-order valence-electron chi connectivity index (χ1n) is 18.7. The van der Waals surface area contributed by atoms with Gasteiger partial charge in [0.2, 0.25) is 11.8 Å². The van der Waals surface area contributed by atoms with Crippen LogP contribution in [-0.4, -0.2) is 79.7 Å². The van der Waals surface area contributed by atoms with Gasteiger partial charge in [0.1, 0.15) is 43.5 Å². The largest absolute Gasteiger partial charge is 0.464 e. The Hall–Kier alpha value is -5.76. The number of carbonyl (C=O) groups is 6. The predicted octanol–water partition coefficient (Wildman–Crippen LogP) is 4.29. The standard InChI is InChI=1S/C42H54N4O10/c1-42(2,3)56-40(51)35(45-34(21-20-30-14-8-5-9-15-30)39(50)54-28-31-16-10-6-11-17-31)22-24-36(47)44-26-27-53-37(48)25-23-33(38(49)43-4)46-41(52)55-29-32-18-12-7-13-19-32/h5-19,33-35,45H,20-29H2,1-4H3,(H,43,49)(H,44,47)(H,46,52)/t33-,34-,35+/m0/s1. The molecule has 0 spiro atoms. The van der Waals surface area contributed by atoms with Gasteiger partial charge in [-0.1, -0.05) is 91.0 Å². The zero-order valence-corrected chi connectivity index (χ0v) is 32.5. The fourth-order valence-electron chi connectivity index (χ4n) is 5.34. The van der Waals surface area contributed by atoms with Gasteiger partial charge in [0.25, 0.3) is 0 Å². The summed E-state index contributed by atoms with van der Waals surface area (Å²) in [6.07, 6.45) is -0.279. The van der Waals surface area contributed by atoms with E-state index in [0.29, 0.717) is 12.8 Å². The van der Waals surface area contributed by atoms with Crippen molar-refractivity contribution < 1.29 is 47.7 Å². The summed E-state index contributed by atoms with van der Waals surface area (Å²) in [5.74, 6) is -2.71. The molecule has 3 aromatic rings. The number of carbonyl (C=O) groups excluding carboxylic acids is 6. The lowest BCUT2D eigenvalue weighted by Gasteiger charge is -2.27. The average Bonchev–Trinajstić information content (AvgIpc) is 3.19. The molecule has 0 aliphatic carbocycles. The van der Waals surface area contributed by atoms with E-state index in [4.69, 9.17) is 18.9 Å². The zero-order valence-electron chi connectivity index (χ0n) is 32.5. The van der Waals surface area contributed by atoms with Crippen molar-refractivity contribution in [3.8, 4) is 0 Å². The van der Waals surface area contributed by atoms with Gasteiger partial charge >= 0.3 is 24.0 Å². The average molecular weight is 775 g/mol. The van der Waals surface area contributed by atoms with E-state index in [-0.39, 0.29) is 52.0 Å². The maximum atomic E-state index is 13.4. The maximum Gasteiger partial charge on any atom is 0.408 e. The summed E-state index contributed by atoms with van der Waals surface area (Å²) in [6, 6.07) is 25.0. The first-order chi connectivity index (χ1) is 26.8. The Morgan fingerprint density at radius 2 is 1.16 bits per heavy atom. The molecule has 4 N–H and O–H groups in total. The molecular weight excluding hydrogens is 720 g/mol. The van der Waals surface area contributed by atoms with Crippen molar-refractivity contribution in [3.05, 3.63) is 108 Å². The van der Waals surface area contributed by atoms with Crippen molar-refractivity contribution >= 4 is 35.8 Å². The number of rotatable bonds is 22. The number of likely N-dealkylation sites (N-methyl/N-ethyl adjacent to an activating group) is 1. The minimum atomic E-state index is -1.04. The van der Waals surface area contributed by atoms with Crippen LogP contribution in [0.15, 0.2) is 91.0 Å². The number of alkyl carbamates (subject to hydrolysis) is 1. The molecule has 3 atom stereocenters. The highest BCUT2D eigenvalue weighted by Crippen LogP contribution is 2.15. The molecule has 3 amide bonds. The molecule has 0 unspecified atom stereocenters. The number of benzene rings is 3. The van der Waals surface area contributed by atoms with Crippen LogP contribution in [0.4, 0.5) is 4.79 Å². The quantitative estimate of drug-likeness (QED) is 0.0648. The van der Waals surface area contributed by atoms with E-state index in [9.17, 15) is 28.8 Å². The molecule has 0 fully saturated rings. The Morgan fingerprint density at radius 3 is 1.73 bits per heavy atom. The van der Waals surface area contributed by atoms with Crippen molar-refractivity contribution in [3.63, 3.8) is 0 Å². The monoisotopic (exact) mass is 774 g/mol. The van der Waals surface area contributed by atoms with Crippen LogP contribution in [0.1, 0.15) is 69.6 Å². The third-order valence-corrected chi connectivity index (χ3v) is 8.22. The van der Waals surface area contributed by atoms with Crippen LogP contribution in [0.2, 0.25) is 0 Å². The number of hydrogen-bond acceptors (Lipinski definition) is 11. The summed E-state index contributed by atoms with van der Waals surface area (Å²) >= 11 is 0. The Balaban J connectivity index is 1.50. The minimum absolute atomic E-state index is 0.00992. The summed E-state index contributed by atoms with van der Waals surface area (Å²) < 4.78 is 21.7. The van der Waals surface area contributed by atoms with Gasteiger partial charge < -0.3 is 34.9 Å². The van der Waals surface area contributed by atoms with Gasteiger partial charge in [-0.3, -0.25) is 29.3 Å². The first-order valence-corrected chi connectivity index (χ1v) is 18.7. The molecule has 302 valence electrons. The Morgan fingerprint density at radius 1 is 0.625 bits per heavy atom. The van der Waals surface area contributed by atoms with Crippen molar-refractivity contribution in [2.75, 3.05) is 20.2 Å². The predicted molar refractivity (Wildman–Crippen MR) is 208 cm³/mol. The molecule has 14 heteroatoms. The summed E-state index contributed by atoms with van der Waals surface area (Å²) in [4.78, 5) is 76.6. The normalized spacial score (nSPS) is 12.6. The van der Waals surface area contributed by atoms with Gasteiger partial charge in [-0.2, -0.15) is 0 Å². The molecule has 3 aromatic carbocycles. The molecule has 0 heterocycles. The van der Waals surface area contributed by atoms with Crippen LogP contribution < -0.4 is 21.3 Å². The molecule has 56 heavy (non-hydrogen) atoms. The molecular formula is C42H54N4O10. The molecule has 3 rings (SSSR count). The van der Waals surface area contributed by atoms with E-state index in [2.05, 4.69) is 21.3 Å². The highest BCUT2D eigenvalue weighted by molar-refractivity contribution is 5.86. The van der Waals surface area contributed by atoms with Crippen molar-refractivity contribution in [2.24, 2.45) is 0 Å². The maximum absolute atomic E-state index is 13.4. The van der Waals surface area contributed by atoms with Crippen LogP contribution in [0, 0.1) is 0 Å². The van der Waals surface area contributed by atoms with Gasteiger partial charge in [0, 0.05) is 19.9 Å². The molecule has 14 nitrogen and oxygen atoms in total.